The Morgan fingerprint density at radius 2 is 2.15 bits per heavy atom. The van der Waals surface area contributed by atoms with Gasteiger partial charge in [0.2, 0.25) is 0 Å². The third-order valence-corrected chi connectivity index (χ3v) is 5.73. The Balaban J connectivity index is 2.04. The number of hydrogen-bond acceptors (Lipinski definition) is 5. The maximum Gasteiger partial charge on any atom is 0.150 e. The van der Waals surface area contributed by atoms with Crippen molar-refractivity contribution in [3.05, 3.63) is 42.1 Å². The van der Waals surface area contributed by atoms with Gasteiger partial charge in [0.15, 0.2) is 9.84 Å². The SMILES string of the molecule is NNC(c1cccc2ncccc12)C1CCS(=O)(=O)C1. The van der Waals surface area contributed by atoms with Crippen LogP contribution in [0.15, 0.2) is 36.5 Å². The predicted molar refractivity (Wildman–Crippen MR) is 78.6 cm³/mol. The van der Waals surface area contributed by atoms with Crippen LogP contribution in [0.2, 0.25) is 0 Å². The van der Waals surface area contributed by atoms with Crippen molar-refractivity contribution in [3.63, 3.8) is 0 Å². The molecule has 1 aromatic heterocycles. The van der Waals surface area contributed by atoms with Crippen LogP contribution in [-0.2, 0) is 9.84 Å². The maximum atomic E-state index is 11.7. The molecule has 0 saturated carbocycles. The van der Waals surface area contributed by atoms with Crippen LogP contribution in [0.3, 0.4) is 0 Å². The zero-order valence-electron chi connectivity index (χ0n) is 11.0. The van der Waals surface area contributed by atoms with Crippen molar-refractivity contribution in [2.24, 2.45) is 11.8 Å². The monoisotopic (exact) mass is 291 g/mol. The van der Waals surface area contributed by atoms with Gasteiger partial charge in [-0.1, -0.05) is 18.2 Å². The summed E-state index contributed by atoms with van der Waals surface area (Å²) in [7, 11) is -2.92. The summed E-state index contributed by atoms with van der Waals surface area (Å²) in [4.78, 5) is 4.33. The van der Waals surface area contributed by atoms with Gasteiger partial charge < -0.3 is 0 Å². The van der Waals surface area contributed by atoms with Crippen LogP contribution >= 0.6 is 0 Å². The van der Waals surface area contributed by atoms with Gasteiger partial charge >= 0.3 is 0 Å². The molecular formula is C14H17N3O2S. The smallest absolute Gasteiger partial charge is 0.150 e. The average Bonchev–Trinajstić information content (AvgIpc) is 2.80. The van der Waals surface area contributed by atoms with Crippen LogP contribution in [0, 0.1) is 5.92 Å². The number of sulfone groups is 1. The molecule has 3 rings (SSSR count). The molecule has 2 unspecified atom stereocenters. The Labute approximate surface area is 118 Å². The minimum atomic E-state index is -2.92. The van der Waals surface area contributed by atoms with E-state index in [2.05, 4.69) is 10.4 Å². The Kier molecular flexibility index (Phi) is 3.45. The van der Waals surface area contributed by atoms with Gasteiger partial charge in [0, 0.05) is 11.6 Å². The number of nitrogens with one attached hydrogen (secondary N) is 1. The molecule has 2 atom stereocenters. The van der Waals surface area contributed by atoms with E-state index in [1.807, 2.05) is 30.3 Å². The molecule has 1 saturated heterocycles. The zero-order chi connectivity index (χ0) is 14.2. The van der Waals surface area contributed by atoms with Crippen molar-refractivity contribution in [2.45, 2.75) is 12.5 Å². The molecule has 0 radical (unpaired) electrons. The molecule has 6 heteroatoms. The van der Waals surface area contributed by atoms with E-state index in [-0.39, 0.29) is 23.5 Å². The fourth-order valence-electron chi connectivity index (χ4n) is 2.96. The van der Waals surface area contributed by atoms with E-state index < -0.39 is 9.84 Å². The van der Waals surface area contributed by atoms with Crippen LogP contribution in [0.5, 0.6) is 0 Å². The molecule has 0 aliphatic carbocycles. The first-order chi connectivity index (χ1) is 9.61. The Morgan fingerprint density at radius 3 is 2.85 bits per heavy atom. The van der Waals surface area contributed by atoms with Gasteiger partial charge in [-0.15, -0.1) is 0 Å². The van der Waals surface area contributed by atoms with Crippen molar-refractivity contribution in [1.82, 2.24) is 10.4 Å². The molecule has 2 aromatic rings. The zero-order valence-corrected chi connectivity index (χ0v) is 11.8. The van der Waals surface area contributed by atoms with E-state index in [4.69, 9.17) is 5.84 Å². The van der Waals surface area contributed by atoms with Crippen LogP contribution in [-0.4, -0.2) is 24.9 Å². The second kappa shape index (κ2) is 5.12. The molecule has 1 fully saturated rings. The highest BCUT2D eigenvalue weighted by atomic mass is 32.2. The van der Waals surface area contributed by atoms with E-state index in [0.717, 1.165) is 16.5 Å². The van der Waals surface area contributed by atoms with Gasteiger partial charge in [-0.05, 0) is 30.0 Å². The van der Waals surface area contributed by atoms with Crippen LogP contribution in [0.4, 0.5) is 0 Å². The molecule has 20 heavy (non-hydrogen) atoms. The lowest BCUT2D eigenvalue weighted by molar-refractivity contribution is 0.402. The number of pyridine rings is 1. The number of nitrogens with two attached hydrogens (primary N) is 1. The number of hydrogen-bond donors (Lipinski definition) is 2. The first-order valence-electron chi connectivity index (χ1n) is 6.61. The van der Waals surface area contributed by atoms with Gasteiger partial charge in [0.25, 0.3) is 0 Å². The molecule has 1 aromatic carbocycles. The lowest BCUT2D eigenvalue weighted by atomic mass is 9.90. The summed E-state index contributed by atoms with van der Waals surface area (Å²) in [5.41, 5.74) is 4.71. The fourth-order valence-corrected chi connectivity index (χ4v) is 4.80. The molecular weight excluding hydrogens is 274 g/mol. The van der Waals surface area contributed by atoms with Gasteiger partial charge in [0.05, 0.1) is 23.1 Å². The van der Waals surface area contributed by atoms with Crippen molar-refractivity contribution in [1.29, 1.82) is 0 Å². The Bertz CT molecular complexity index is 725. The molecule has 5 nitrogen and oxygen atoms in total. The topological polar surface area (TPSA) is 85.1 Å². The van der Waals surface area contributed by atoms with Crippen molar-refractivity contribution in [3.8, 4) is 0 Å². The summed E-state index contributed by atoms with van der Waals surface area (Å²) < 4.78 is 23.4. The third-order valence-electron chi connectivity index (χ3n) is 3.93. The first kappa shape index (κ1) is 13.5. The van der Waals surface area contributed by atoms with Crippen LogP contribution < -0.4 is 11.3 Å². The van der Waals surface area contributed by atoms with Gasteiger partial charge in [-0.25, -0.2) is 8.42 Å². The highest BCUT2D eigenvalue weighted by Gasteiger charge is 2.34. The Hall–Kier alpha value is -1.50. The standard InChI is InChI=1S/C14H17N3O2S/c15-17-14(10-6-8-20(18,19)9-10)12-3-1-5-13-11(12)4-2-7-16-13/h1-5,7,10,14,17H,6,8-9,15H2. The number of hydrazine groups is 1. The number of rotatable bonds is 3. The number of nitrogens with zero attached hydrogens (tertiary/aromatic N) is 1. The normalized spacial score (nSPS) is 22.9. The van der Waals surface area contributed by atoms with E-state index in [9.17, 15) is 8.42 Å². The molecule has 1 aliphatic rings. The highest BCUT2D eigenvalue weighted by molar-refractivity contribution is 7.91. The average molecular weight is 291 g/mol. The molecule has 0 bridgehead atoms. The summed E-state index contributed by atoms with van der Waals surface area (Å²) in [6.45, 7) is 0. The largest absolute Gasteiger partial charge is 0.271 e. The van der Waals surface area contributed by atoms with Crippen molar-refractivity contribution >= 4 is 20.7 Å². The maximum absolute atomic E-state index is 11.7. The lowest BCUT2D eigenvalue weighted by Gasteiger charge is -2.23. The molecule has 3 N–H and O–H groups in total. The van der Waals surface area contributed by atoms with Crippen LogP contribution in [0.25, 0.3) is 10.9 Å². The lowest BCUT2D eigenvalue weighted by Crippen LogP contribution is -2.34. The van der Waals surface area contributed by atoms with Crippen molar-refractivity contribution in [2.75, 3.05) is 11.5 Å². The summed E-state index contributed by atoms with van der Waals surface area (Å²) in [5, 5.41) is 1.02. The molecule has 0 amide bonds. The number of benzene rings is 1. The second-order valence-electron chi connectivity index (χ2n) is 5.22. The second-order valence-corrected chi connectivity index (χ2v) is 7.45. The quantitative estimate of drug-likeness (QED) is 0.655. The number of fused-ring (bicyclic) bond motifs is 1. The minimum Gasteiger partial charge on any atom is -0.271 e. The van der Waals surface area contributed by atoms with Crippen molar-refractivity contribution < 1.29 is 8.42 Å². The minimum absolute atomic E-state index is 0.0100. The fraction of sp³-hybridized carbons (Fsp3) is 0.357. The summed E-state index contributed by atoms with van der Waals surface area (Å²) in [6.07, 6.45) is 2.39. The molecule has 2 heterocycles. The first-order valence-corrected chi connectivity index (χ1v) is 8.43. The van der Waals surface area contributed by atoms with E-state index in [1.54, 1.807) is 6.20 Å². The van der Waals surface area contributed by atoms with Gasteiger partial charge in [-0.3, -0.25) is 16.3 Å². The molecule has 1 aliphatic heterocycles. The highest BCUT2D eigenvalue weighted by Crippen LogP contribution is 2.33. The third kappa shape index (κ3) is 2.42. The Morgan fingerprint density at radius 1 is 1.30 bits per heavy atom. The van der Waals surface area contributed by atoms with Gasteiger partial charge in [-0.2, -0.15) is 0 Å². The predicted octanol–water partition coefficient (Wildman–Crippen LogP) is 1.17. The number of aromatic nitrogens is 1. The summed E-state index contributed by atoms with van der Waals surface area (Å²) in [5.74, 6) is 6.15. The van der Waals surface area contributed by atoms with Crippen LogP contribution in [0.1, 0.15) is 18.0 Å². The van der Waals surface area contributed by atoms with Gasteiger partial charge in [0.1, 0.15) is 0 Å². The summed E-state index contributed by atoms with van der Waals surface area (Å²) >= 11 is 0. The summed E-state index contributed by atoms with van der Waals surface area (Å²) in [6, 6.07) is 9.56. The van der Waals surface area contributed by atoms with E-state index in [1.165, 1.54) is 0 Å². The molecule has 106 valence electrons. The van der Waals surface area contributed by atoms with E-state index >= 15 is 0 Å². The van der Waals surface area contributed by atoms with E-state index in [0.29, 0.717) is 6.42 Å². The molecule has 0 spiro atoms.